The molecule has 0 atom stereocenters. The molecule has 0 fully saturated rings. The van der Waals surface area contributed by atoms with Crippen molar-refractivity contribution in [3.63, 3.8) is 0 Å². The lowest BCUT2D eigenvalue weighted by molar-refractivity contribution is -0.113. The minimum atomic E-state index is -0.288. The fourth-order valence-corrected chi connectivity index (χ4v) is 3.35. The molecular formula is C16H9Cl4N3O2S. The molecule has 3 aromatic rings. The van der Waals surface area contributed by atoms with Crippen LogP contribution in [-0.2, 0) is 4.79 Å². The monoisotopic (exact) mass is 447 g/mol. The third-order valence-electron chi connectivity index (χ3n) is 3.12. The van der Waals surface area contributed by atoms with Gasteiger partial charge in [-0.05, 0) is 30.3 Å². The van der Waals surface area contributed by atoms with E-state index in [1.165, 1.54) is 0 Å². The summed E-state index contributed by atoms with van der Waals surface area (Å²) in [5.74, 6) is 0.00893. The topological polar surface area (TPSA) is 68.0 Å². The highest BCUT2D eigenvalue weighted by atomic mass is 35.5. The van der Waals surface area contributed by atoms with Crippen molar-refractivity contribution in [1.82, 2.24) is 10.2 Å². The zero-order chi connectivity index (χ0) is 18.7. The van der Waals surface area contributed by atoms with Crippen LogP contribution in [0, 0.1) is 0 Å². The first-order valence-electron chi connectivity index (χ1n) is 7.09. The first kappa shape index (κ1) is 19.3. The van der Waals surface area contributed by atoms with E-state index < -0.39 is 0 Å². The summed E-state index contributed by atoms with van der Waals surface area (Å²) in [5.41, 5.74) is 0.995. The van der Waals surface area contributed by atoms with Crippen molar-refractivity contribution in [1.29, 1.82) is 0 Å². The fourth-order valence-electron chi connectivity index (χ4n) is 1.95. The third-order valence-corrected chi connectivity index (χ3v) is 5.31. The van der Waals surface area contributed by atoms with Gasteiger partial charge in [0.2, 0.25) is 11.8 Å². The van der Waals surface area contributed by atoms with Crippen LogP contribution in [0.15, 0.2) is 46.0 Å². The van der Waals surface area contributed by atoms with Crippen LogP contribution in [0.3, 0.4) is 0 Å². The molecule has 26 heavy (non-hydrogen) atoms. The molecule has 0 aliphatic heterocycles. The summed E-state index contributed by atoms with van der Waals surface area (Å²) >= 11 is 25.0. The van der Waals surface area contributed by atoms with Gasteiger partial charge >= 0.3 is 0 Å². The van der Waals surface area contributed by atoms with E-state index in [1.54, 1.807) is 36.4 Å². The molecule has 10 heteroatoms. The van der Waals surface area contributed by atoms with Crippen molar-refractivity contribution in [3.8, 4) is 11.5 Å². The molecule has 0 aliphatic rings. The molecule has 3 rings (SSSR count). The van der Waals surface area contributed by atoms with Crippen molar-refractivity contribution < 1.29 is 9.21 Å². The molecule has 0 saturated carbocycles. The molecule has 0 radical (unpaired) electrons. The van der Waals surface area contributed by atoms with Crippen molar-refractivity contribution in [2.24, 2.45) is 0 Å². The highest BCUT2D eigenvalue weighted by molar-refractivity contribution is 7.99. The van der Waals surface area contributed by atoms with Gasteiger partial charge in [0.25, 0.3) is 5.22 Å². The fraction of sp³-hybridized carbons (Fsp3) is 0.0625. The largest absolute Gasteiger partial charge is 0.411 e. The van der Waals surface area contributed by atoms with E-state index in [0.29, 0.717) is 26.3 Å². The van der Waals surface area contributed by atoms with Crippen LogP contribution in [0.2, 0.25) is 20.1 Å². The summed E-state index contributed by atoms with van der Waals surface area (Å²) in [4.78, 5) is 12.1. The third kappa shape index (κ3) is 4.64. The van der Waals surface area contributed by atoms with Gasteiger partial charge in [0.05, 0.1) is 32.1 Å². The Morgan fingerprint density at radius 1 is 1.08 bits per heavy atom. The van der Waals surface area contributed by atoms with Gasteiger partial charge in [-0.2, -0.15) is 0 Å². The van der Waals surface area contributed by atoms with E-state index in [2.05, 4.69) is 15.5 Å². The van der Waals surface area contributed by atoms with E-state index in [-0.39, 0.29) is 27.8 Å². The van der Waals surface area contributed by atoms with E-state index in [9.17, 15) is 4.79 Å². The molecule has 0 saturated heterocycles. The van der Waals surface area contributed by atoms with Crippen molar-refractivity contribution in [3.05, 3.63) is 56.5 Å². The van der Waals surface area contributed by atoms with Crippen LogP contribution >= 0.6 is 58.2 Å². The normalized spacial score (nSPS) is 10.8. The molecule has 1 aromatic heterocycles. The van der Waals surface area contributed by atoms with Crippen LogP contribution in [0.1, 0.15) is 0 Å². The Morgan fingerprint density at radius 2 is 1.88 bits per heavy atom. The standard InChI is InChI=1S/C16H9Cl4N3O2S/c17-8-4-5-9(11(19)6-8)15-22-23-16(25-15)26-7-13(24)21-12-3-1-2-10(18)14(12)20/h1-6H,7H2,(H,21,24). The second-order valence-corrected chi connectivity index (χ2v) is 7.49. The van der Waals surface area contributed by atoms with Crippen molar-refractivity contribution in [2.45, 2.75) is 5.22 Å². The van der Waals surface area contributed by atoms with Gasteiger partial charge in [-0.1, -0.05) is 64.2 Å². The number of amides is 1. The summed E-state index contributed by atoms with van der Waals surface area (Å²) in [6.07, 6.45) is 0. The number of anilines is 1. The molecule has 134 valence electrons. The van der Waals surface area contributed by atoms with Crippen LogP contribution in [-0.4, -0.2) is 21.9 Å². The van der Waals surface area contributed by atoms with Crippen molar-refractivity contribution >= 4 is 69.8 Å². The van der Waals surface area contributed by atoms with Gasteiger partial charge < -0.3 is 9.73 Å². The number of thioether (sulfide) groups is 1. The lowest BCUT2D eigenvalue weighted by atomic mass is 10.2. The molecule has 1 heterocycles. The van der Waals surface area contributed by atoms with E-state index >= 15 is 0 Å². The van der Waals surface area contributed by atoms with E-state index in [4.69, 9.17) is 50.8 Å². The quantitative estimate of drug-likeness (QED) is 0.479. The highest BCUT2D eigenvalue weighted by Gasteiger charge is 2.15. The molecule has 1 amide bonds. The van der Waals surface area contributed by atoms with Crippen LogP contribution < -0.4 is 5.32 Å². The van der Waals surface area contributed by atoms with E-state index in [1.807, 2.05) is 0 Å². The number of rotatable bonds is 5. The zero-order valence-electron chi connectivity index (χ0n) is 12.8. The van der Waals surface area contributed by atoms with Crippen LogP contribution in [0.5, 0.6) is 0 Å². The summed E-state index contributed by atoms with van der Waals surface area (Å²) in [6, 6.07) is 9.91. The maximum absolute atomic E-state index is 12.1. The van der Waals surface area contributed by atoms with Crippen molar-refractivity contribution in [2.75, 3.05) is 11.1 Å². The maximum Gasteiger partial charge on any atom is 0.277 e. The lowest BCUT2D eigenvalue weighted by Crippen LogP contribution is -2.14. The Labute approximate surface area is 173 Å². The second kappa shape index (κ2) is 8.50. The molecule has 0 spiro atoms. The molecule has 0 unspecified atom stereocenters. The Balaban J connectivity index is 1.63. The molecular weight excluding hydrogens is 440 g/mol. The number of hydrogen-bond acceptors (Lipinski definition) is 5. The highest BCUT2D eigenvalue weighted by Crippen LogP contribution is 2.32. The predicted octanol–water partition coefficient (Wildman–Crippen LogP) is 6.08. The SMILES string of the molecule is O=C(CSc1nnc(-c2ccc(Cl)cc2Cl)o1)Nc1cccc(Cl)c1Cl. The summed E-state index contributed by atoms with van der Waals surface area (Å²) in [7, 11) is 0. The zero-order valence-corrected chi connectivity index (χ0v) is 16.6. The van der Waals surface area contributed by atoms with Gasteiger partial charge in [-0.25, -0.2) is 0 Å². The minimum Gasteiger partial charge on any atom is -0.411 e. The summed E-state index contributed by atoms with van der Waals surface area (Å²) in [6.45, 7) is 0. The summed E-state index contributed by atoms with van der Waals surface area (Å²) in [5, 5.41) is 12.3. The van der Waals surface area contributed by atoms with Crippen LogP contribution in [0.4, 0.5) is 5.69 Å². The van der Waals surface area contributed by atoms with Gasteiger partial charge in [-0.15, -0.1) is 10.2 Å². The number of benzene rings is 2. The number of halogens is 4. The minimum absolute atomic E-state index is 0.0544. The Bertz CT molecular complexity index is 964. The molecule has 1 N–H and O–H groups in total. The number of aromatic nitrogens is 2. The number of nitrogens with zero attached hydrogens (tertiary/aromatic N) is 2. The maximum atomic E-state index is 12.1. The van der Waals surface area contributed by atoms with Gasteiger partial charge in [-0.3, -0.25) is 4.79 Å². The Kier molecular flexibility index (Phi) is 6.32. The number of carbonyl (C=O) groups excluding carboxylic acids is 1. The van der Waals surface area contributed by atoms with Gasteiger partial charge in [0, 0.05) is 5.02 Å². The Hall–Kier alpha value is -1.44. The summed E-state index contributed by atoms with van der Waals surface area (Å²) < 4.78 is 5.52. The molecule has 0 bridgehead atoms. The molecule has 5 nitrogen and oxygen atoms in total. The first-order valence-corrected chi connectivity index (χ1v) is 9.59. The number of nitrogens with one attached hydrogen (secondary N) is 1. The van der Waals surface area contributed by atoms with Crippen LogP contribution in [0.25, 0.3) is 11.5 Å². The second-order valence-electron chi connectivity index (χ2n) is 4.94. The smallest absolute Gasteiger partial charge is 0.277 e. The van der Waals surface area contributed by atoms with Gasteiger partial charge in [0.1, 0.15) is 0 Å². The number of hydrogen-bond donors (Lipinski definition) is 1. The first-order chi connectivity index (χ1) is 12.4. The lowest BCUT2D eigenvalue weighted by Gasteiger charge is -2.07. The molecule has 0 aliphatic carbocycles. The Morgan fingerprint density at radius 3 is 2.65 bits per heavy atom. The van der Waals surface area contributed by atoms with Gasteiger partial charge in [0.15, 0.2) is 0 Å². The average Bonchev–Trinajstić information content (AvgIpc) is 3.06. The average molecular weight is 449 g/mol. The number of carbonyl (C=O) groups is 1. The van der Waals surface area contributed by atoms with E-state index in [0.717, 1.165) is 11.8 Å². The molecule has 2 aromatic carbocycles. The predicted molar refractivity (Wildman–Crippen MR) is 106 cm³/mol.